The number of likely N-dealkylation sites (tertiary alicyclic amines) is 1. The van der Waals surface area contributed by atoms with Gasteiger partial charge in [-0.3, -0.25) is 4.79 Å². The summed E-state index contributed by atoms with van der Waals surface area (Å²) in [5.74, 6) is 0.0496. The van der Waals surface area contributed by atoms with Crippen molar-refractivity contribution in [3.63, 3.8) is 0 Å². The minimum absolute atomic E-state index is 0.0190. The lowest BCUT2D eigenvalue weighted by molar-refractivity contribution is -0.133. The van der Waals surface area contributed by atoms with E-state index in [9.17, 15) is 4.79 Å². The van der Waals surface area contributed by atoms with E-state index in [0.717, 1.165) is 19.5 Å². The molecule has 0 spiro atoms. The number of amides is 1. The Kier molecular flexibility index (Phi) is 4.95. The zero-order valence-corrected chi connectivity index (χ0v) is 11.3. The maximum Gasteiger partial charge on any atom is 0.239 e. The highest BCUT2D eigenvalue weighted by atomic mass is 16.2. The van der Waals surface area contributed by atoms with Crippen molar-refractivity contribution >= 4 is 5.91 Å². The Labute approximate surface area is 104 Å². The van der Waals surface area contributed by atoms with Crippen molar-refractivity contribution in [1.82, 2.24) is 9.80 Å². The van der Waals surface area contributed by atoms with Crippen molar-refractivity contribution < 1.29 is 4.79 Å². The molecule has 1 rings (SSSR count). The average molecular weight is 237 g/mol. The fraction of sp³-hybridized carbons (Fsp3) is 0.846. The van der Waals surface area contributed by atoms with Crippen LogP contribution in [0.1, 0.15) is 26.7 Å². The number of hydrogen-bond acceptors (Lipinski definition) is 3. The van der Waals surface area contributed by atoms with Crippen LogP contribution >= 0.6 is 0 Å². The molecule has 1 saturated heterocycles. The van der Waals surface area contributed by atoms with Crippen LogP contribution in [0.5, 0.6) is 0 Å². The second kappa shape index (κ2) is 6.02. The minimum Gasteiger partial charge on any atom is -0.340 e. The van der Waals surface area contributed by atoms with E-state index in [1.165, 1.54) is 0 Å². The molecular formula is C13H23N3O. The first kappa shape index (κ1) is 14.0. The second-order valence-corrected chi connectivity index (χ2v) is 5.22. The Morgan fingerprint density at radius 2 is 2.18 bits per heavy atom. The number of nitriles is 1. The van der Waals surface area contributed by atoms with Crippen LogP contribution < -0.4 is 0 Å². The first-order valence-electron chi connectivity index (χ1n) is 6.36. The number of nitrogens with zero attached hydrogens (tertiary/aromatic N) is 3. The normalized spacial score (nSPS) is 26.0. The molecule has 4 heteroatoms. The van der Waals surface area contributed by atoms with E-state index in [1.807, 2.05) is 25.9 Å². The Morgan fingerprint density at radius 1 is 1.53 bits per heavy atom. The van der Waals surface area contributed by atoms with Crippen molar-refractivity contribution in [2.24, 2.45) is 11.8 Å². The third kappa shape index (κ3) is 3.19. The van der Waals surface area contributed by atoms with Crippen LogP contribution in [0.15, 0.2) is 0 Å². The summed E-state index contributed by atoms with van der Waals surface area (Å²) in [6.45, 7) is 5.71. The third-order valence-electron chi connectivity index (χ3n) is 3.58. The minimum atomic E-state index is -0.451. The maximum atomic E-state index is 12.2. The van der Waals surface area contributed by atoms with Gasteiger partial charge in [0.15, 0.2) is 0 Å². The van der Waals surface area contributed by atoms with Crippen molar-refractivity contribution in [2.75, 3.05) is 27.2 Å². The Hall–Kier alpha value is -1.08. The smallest absolute Gasteiger partial charge is 0.239 e. The van der Waals surface area contributed by atoms with E-state index in [2.05, 4.69) is 17.9 Å². The topological polar surface area (TPSA) is 47.3 Å². The lowest BCUT2D eigenvalue weighted by Gasteiger charge is -2.23. The van der Waals surface area contributed by atoms with Crippen LogP contribution in [0.4, 0.5) is 0 Å². The maximum absolute atomic E-state index is 12.2. The fourth-order valence-electron chi connectivity index (χ4n) is 2.55. The van der Waals surface area contributed by atoms with Gasteiger partial charge in [-0.1, -0.05) is 20.3 Å². The molecule has 0 radical (unpaired) electrons. The molecule has 96 valence electrons. The molecule has 1 fully saturated rings. The lowest BCUT2D eigenvalue weighted by Crippen LogP contribution is -2.37. The van der Waals surface area contributed by atoms with Crippen molar-refractivity contribution in [3.05, 3.63) is 0 Å². The predicted molar refractivity (Wildman–Crippen MR) is 67.2 cm³/mol. The summed E-state index contributed by atoms with van der Waals surface area (Å²) in [4.78, 5) is 16.2. The predicted octanol–water partition coefficient (Wildman–Crippen LogP) is 1.33. The van der Waals surface area contributed by atoms with Crippen LogP contribution in [0.2, 0.25) is 0 Å². The van der Waals surface area contributed by atoms with Gasteiger partial charge in [0.25, 0.3) is 0 Å². The van der Waals surface area contributed by atoms with Gasteiger partial charge in [0.1, 0.15) is 5.92 Å². The van der Waals surface area contributed by atoms with E-state index in [4.69, 9.17) is 5.26 Å². The molecule has 0 N–H and O–H groups in total. The molecule has 0 saturated carbocycles. The first-order chi connectivity index (χ1) is 8.01. The van der Waals surface area contributed by atoms with Gasteiger partial charge >= 0.3 is 0 Å². The third-order valence-corrected chi connectivity index (χ3v) is 3.58. The molecule has 0 aromatic rings. The number of rotatable bonds is 4. The molecule has 0 aliphatic carbocycles. The van der Waals surface area contributed by atoms with Gasteiger partial charge < -0.3 is 9.80 Å². The zero-order valence-electron chi connectivity index (χ0n) is 11.3. The molecule has 3 unspecified atom stereocenters. The highest BCUT2D eigenvalue weighted by Crippen LogP contribution is 2.22. The highest BCUT2D eigenvalue weighted by Gasteiger charge is 2.35. The standard InChI is InChI=1S/C13H23N3O/c1-5-6-11(7-14)13(17)16-8-10(2)12(9-16)15(3)4/h10-12H,5-6,8-9H2,1-4H3. The van der Waals surface area contributed by atoms with E-state index in [0.29, 0.717) is 18.4 Å². The average Bonchev–Trinajstić information content (AvgIpc) is 2.67. The van der Waals surface area contributed by atoms with Gasteiger partial charge in [-0.2, -0.15) is 5.26 Å². The summed E-state index contributed by atoms with van der Waals surface area (Å²) in [5, 5.41) is 9.02. The number of hydrogen-bond donors (Lipinski definition) is 0. The van der Waals surface area contributed by atoms with Crippen molar-refractivity contribution in [3.8, 4) is 6.07 Å². The number of likely N-dealkylation sites (N-methyl/N-ethyl adjacent to an activating group) is 1. The highest BCUT2D eigenvalue weighted by molar-refractivity contribution is 5.81. The van der Waals surface area contributed by atoms with Crippen LogP contribution in [-0.2, 0) is 4.79 Å². The molecule has 1 aliphatic rings. The van der Waals surface area contributed by atoms with Crippen LogP contribution in [0.25, 0.3) is 0 Å². The van der Waals surface area contributed by atoms with Crippen LogP contribution in [0.3, 0.4) is 0 Å². The van der Waals surface area contributed by atoms with Gasteiger partial charge in [-0.05, 0) is 26.4 Å². The summed E-state index contributed by atoms with van der Waals surface area (Å²) < 4.78 is 0. The molecule has 1 heterocycles. The molecule has 3 atom stereocenters. The molecule has 0 aromatic heterocycles. The fourth-order valence-corrected chi connectivity index (χ4v) is 2.55. The van der Waals surface area contributed by atoms with Crippen LogP contribution in [-0.4, -0.2) is 48.9 Å². The van der Waals surface area contributed by atoms with Crippen molar-refractivity contribution in [1.29, 1.82) is 5.26 Å². The largest absolute Gasteiger partial charge is 0.340 e. The van der Waals surface area contributed by atoms with Gasteiger partial charge in [-0.25, -0.2) is 0 Å². The summed E-state index contributed by atoms with van der Waals surface area (Å²) in [6, 6.07) is 2.55. The van der Waals surface area contributed by atoms with Crippen molar-refractivity contribution in [2.45, 2.75) is 32.7 Å². The SMILES string of the molecule is CCCC(C#N)C(=O)N1CC(C)C(N(C)C)C1. The Bertz CT molecular complexity index is 308. The van der Waals surface area contributed by atoms with Gasteiger partial charge in [0.05, 0.1) is 6.07 Å². The molecule has 1 aliphatic heterocycles. The Morgan fingerprint density at radius 3 is 2.59 bits per heavy atom. The molecule has 1 amide bonds. The van der Waals surface area contributed by atoms with Gasteiger partial charge in [-0.15, -0.1) is 0 Å². The van der Waals surface area contributed by atoms with Gasteiger partial charge in [0.2, 0.25) is 5.91 Å². The lowest BCUT2D eigenvalue weighted by atomic mass is 10.0. The molecule has 0 aromatic carbocycles. The van der Waals surface area contributed by atoms with E-state index in [-0.39, 0.29) is 5.91 Å². The quantitative estimate of drug-likeness (QED) is 0.741. The van der Waals surface area contributed by atoms with E-state index in [1.54, 1.807) is 0 Å². The summed E-state index contributed by atoms with van der Waals surface area (Å²) >= 11 is 0. The number of carbonyl (C=O) groups is 1. The van der Waals surface area contributed by atoms with Crippen LogP contribution in [0, 0.1) is 23.2 Å². The zero-order chi connectivity index (χ0) is 13.0. The molecule has 0 bridgehead atoms. The summed E-state index contributed by atoms with van der Waals surface area (Å²) in [6.07, 6.45) is 1.55. The van der Waals surface area contributed by atoms with Gasteiger partial charge in [0, 0.05) is 19.1 Å². The Balaban J connectivity index is 2.64. The summed E-state index contributed by atoms with van der Waals surface area (Å²) in [5.41, 5.74) is 0. The van der Waals surface area contributed by atoms with E-state index >= 15 is 0 Å². The molecule has 17 heavy (non-hydrogen) atoms. The number of carbonyl (C=O) groups excluding carboxylic acids is 1. The summed E-state index contributed by atoms with van der Waals surface area (Å²) in [7, 11) is 4.09. The molecular weight excluding hydrogens is 214 g/mol. The molecule has 4 nitrogen and oxygen atoms in total. The monoisotopic (exact) mass is 237 g/mol. The van der Waals surface area contributed by atoms with E-state index < -0.39 is 5.92 Å². The first-order valence-corrected chi connectivity index (χ1v) is 6.36. The second-order valence-electron chi connectivity index (χ2n) is 5.22.